The standard InChI is InChI=1S/C14H19FN2O2S/c1-16-8-11-7-13(4-5-14(11)15)20(18,19)17-9-10-2-3-12(17)6-10/h4-5,7,10,12,16H,2-3,6,8-9H2,1H3. The van der Waals surface area contributed by atoms with Crippen LogP contribution in [0.25, 0.3) is 0 Å². The van der Waals surface area contributed by atoms with E-state index in [0.29, 0.717) is 24.6 Å². The summed E-state index contributed by atoms with van der Waals surface area (Å²) < 4.78 is 40.6. The lowest BCUT2D eigenvalue weighted by Crippen LogP contribution is -2.37. The molecule has 1 aliphatic carbocycles. The van der Waals surface area contributed by atoms with Crippen LogP contribution in [0.4, 0.5) is 4.39 Å². The minimum atomic E-state index is -3.49. The molecular formula is C14H19FN2O2S. The lowest BCUT2D eigenvalue weighted by molar-refractivity contribution is 0.333. The third-order valence-corrected chi connectivity index (χ3v) is 6.26. The molecule has 110 valence electrons. The third-order valence-electron chi connectivity index (χ3n) is 4.35. The molecule has 2 unspecified atom stereocenters. The van der Waals surface area contributed by atoms with Crippen LogP contribution in [0.5, 0.6) is 0 Å². The van der Waals surface area contributed by atoms with Crippen LogP contribution >= 0.6 is 0 Å². The molecule has 6 heteroatoms. The zero-order chi connectivity index (χ0) is 14.3. The highest BCUT2D eigenvalue weighted by Crippen LogP contribution is 2.40. The average molecular weight is 298 g/mol. The highest BCUT2D eigenvalue weighted by molar-refractivity contribution is 7.89. The Bertz CT molecular complexity index is 618. The summed E-state index contributed by atoms with van der Waals surface area (Å²) in [7, 11) is -1.78. The number of nitrogens with zero attached hydrogens (tertiary/aromatic N) is 1. The van der Waals surface area contributed by atoms with E-state index < -0.39 is 10.0 Å². The Morgan fingerprint density at radius 3 is 2.80 bits per heavy atom. The number of rotatable bonds is 4. The molecule has 1 saturated carbocycles. The molecule has 1 heterocycles. The van der Waals surface area contributed by atoms with Crippen LogP contribution in [-0.4, -0.2) is 32.4 Å². The summed E-state index contributed by atoms with van der Waals surface area (Å²) in [5.74, 6) is 0.133. The van der Waals surface area contributed by atoms with Crippen molar-refractivity contribution in [2.75, 3.05) is 13.6 Å². The fourth-order valence-corrected chi connectivity index (χ4v) is 5.14. The molecule has 0 radical (unpaired) electrons. The molecule has 3 rings (SSSR count). The van der Waals surface area contributed by atoms with E-state index >= 15 is 0 Å². The van der Waals surface area contributed by atoms with E-state index in [0.717, 1.165) is 19.3 Å². The van der Waals surface area contributed by atoms with Gasteiger partial charge in [0.2, 0.25) is 10.0 Å². The Morgan fingerprint density at radius 2 is 2.20 bits per heavy atom. The van der Waals surface area contributed by atoms with Gasteiger partial charge in [-0.2, -0.15) is 4.31 Å². The maximum Gasteiger partial charge on any atom is 0.243 e. The highest BCUT2D eigenvalue weighted by Gasteiger charge is 2.44. The summed E-state index contributed by atoms with van der Waals surface area (Å²) >= 11 is 0. The van der Waals surface area contributed by atoms with Gasteiger partial charge in [-0.15, -0.1) is 0 Å². The number of fused-ring (bicyclic) bond motifs is 2. The lowest BCUT2D eigenvalue weighted by Gasteiger charge is -2.26. The van der Waals surface area contributed by atoms with E-state index in [9.17, 15) is 12.8 Å². The lowest BCUT2D eigenvalue weighted by atomic mass is 10.1. The number of sulfonamides is 1. The topological polar surface area (TPSA) is 49.4 Å². The number of halogens is 1. The first-order chi connectivity index (χ1) is 9.52. The second-order valence-corrected chi connectivity index (χ2v) is 7.58. The second-order valence-electron chi connectivity index (χ2n) is 5.69. The molecule has 1 aromatic rings. The summed E-state index contributed by atoms with van der Waals surface area (Å²) in [5.41, 5.74) is 0.387. The summed E-state index contributed by atoms with van der Waals surface area (Å²) in [6, 6.07) is 4.21. The molecule has 0 amide bonds. The summed E-state index contributed by atoms with van der Waals surface area (Å²) in [6.45, 7) is 0.937. The zero-order valence-electron chi connectivity index (χ0n) is 11.5. The summed E-state index contributed by atoms with van der Waals surface area (Å²) in [5, 5.41) is 2.85. The summed E-state index contributed by atoms with van der Waals surface area (Å²) in [6.07, 6.45) is 3.06. The van der Waals surface area contributed by atoms with Crippen molar-refractivity contribution in [2.45, 2.75) is 36.7 Å². The molecule has 2 aliphatic rings. The minimum absolute atomic E-state index is 0.141. The van der Waals surface area contributed by atoms with E-state index in [2.05, 4.69) is 5.32 Å². The van der Waals surface area contributed by atoms with E-state index in [-0.39, 0.29) is 16.8 Å². The fourth-order valence-electron chi connectivity index (χ4n) is 3.35. The van der Waals surface area contributed by atoms with Crippen LogP contribution in [0.2, 0.25) is 0 Å². The highest BCUT2D eigenvalue weighted by atomic mass is 32.2. The maximum absolute atomic E-state index is 13.6. The molecule has 2 fully saturated rings. The summed E-state index contributed by atoms with van der Waals surface area (Å²) in [4.78, 5) is 0.205. The normalized spacial score (nSPS) is 26.3. The van der Waals surface area contributed by atoms with Crippen molar-refractivity contribution in [3.63, 3.8) is 0 Å². The monoisotopic (exact) mass is 298 g/mol. The molecule has 20 heavy (non-hydrogen) atoms. The average Bonchev–Trinajstić information content (AvgIpc) is 3.04. The molecule has 0 aromatic heterocycles. The Labute approximate surface area is 119 Å². The number of piperidine rings is 1. The van der Waals surface area contributed by atoms with Crippen molar-refractivity contribution in [2.24, 2.45) is 5.92 Å². The van der Waals surface area contributed by atoms with Gasteiger partial charge in [-0.25, -0.2) is 12.8 Å². The van der Waals surface area contributed by atoms with Crippen molar-refractivity contribution >= 4 is 10.0 Å². The zero-order valence-corrected chi connectivity index (χ0v) is 12.3. The Hall–Kier alpha value is -0.980. The number of hydrogen-bond donors (Lipinski definition) is 1. The van der Waals surface area contributed by atoms with Crippen LogP contribution in [-0.2, 0) is 16.6 Å². The van der Waals surface area contributed by atoms with Crippen LogP contribution in [0.15, 0.2) is 23.1 Å². The van der Waals surface area contributed by atoms with Crippen LogP contribution < -0.4 is 5.32 Å². The first-order valence-corrected chi connectivity index (χ1v) is 8.41. The Balaban J connectivity index is 1.93. The van der Waals surface area contributed by atoms with Gasteiger partial charge in [-0.1, -0.05) is 0 Å². The van der Waals surface area contributed by atoms with Gasteiger partial charge in [-0.05, 0) is 50.4 Å². The van der Waals surface area contributed by atoms with Gasteiger partial charge in [-0.3, -0.25) is 0 Å². The van der Waals surface area contributed by atoms with Crippen LogP contribution in [0, 0.1) is 11.7 Å². The van der Waals surface area contributed by atoms with E-state index in [4.69, 9.17) is 0 Å². The molecule has 2 atom stereocenters. The van der Waals surface area contributed by atoms with E-state index in [1.165, 1.54) is 18.2 Å². The van der Waals surface area contributed by atoms with E-state index in [1.807, 2.05) is 0 Å². The second kappa shape index (κ2) is 5.09. The Morgan fingerprint density at radius 1 is 1.40 bits per heavy atom. The third kappa shape index (κ3) is 2.25. The SMILES string of the molecule is CNCc1cc(S(=O)(=O)N2CC3CCC2C3)ccc1F. The van der Waals surface area contributed by atoms with Crippen LogP contribution in [0.3, 0.4) is 0 Å². The first-order valence-electron chi connectivity index (χ1n) is 6.97. The van der Waals surface area contributed by atoms with Crippen LogP contribution in [0.1, 0.15) is 24.8 Å². The molecule has 1 aliphatic heterocycles. The predicted octanol–water partition coefficient (Wildman–Crippen LogP) is 1.72. The van der Waals surface area contributed by atoms with Crippen molar-refractivity contribution in [1.82, 2.24) is 9.62 Å². The van der Waals surface area contributed by atoms with Gasteiger partial charge < -0.3 is 5.32 Å². The quantitative estimate of drug-likeness (QED) is 0.921. The maximum atomic E-state index is 13.6. The van der Waals surface area contributed by atoms with Gasteiger partial charge >= 0.3 is 0 Å². The van der Waals surface area contributed by atoms with Crippen molar-refractivity contribution in [1.29, 1.82) is 0 Å². The number of nitrogens with one attached hydrogen (secondary N) is 1. The molecule has 4 nitrogen and oxygen atoms in total. The van der Waals surface area contributed by atoms with Gasteiger partial charge in [0.15, 0.2) is 0 Å². The first kappa shape index (κ1) is 14.0. The molecule has 2 bridgehead atoms. The molecule has 0 spiro atoms. The van der Waals surface area contributed by atoms with Gasteiger partial charge in [0, 0.05) is 24.7 Å². The number of hydrogen-bond acceptors (Lipinski definition) is 3. The molecule has 1 saturated heterocycles. The van der Waals surface area contributed by atoms with Crippen molar-refractivity contribution in [3.05, 3.63) is 29.6 Å². The smallest absolute Gasteiger partial charge is 0.243 e. The minimum Gasteiger partial charge on any atom is -0.316 e. The predicted molar refractivity (Wildman–Crippen MR) is 74.2 cm³/mol. The van der Waals surface area contributed by atoms with E-state index in [1.54, 1.807) is 11.4 Å². The largest absolute Gasteiger partial charge is 0.316 e. The fraction of sp³-hybridized carbons (Fsp3) is 0.571. The van der Waals surface area contributed by atoms with Gasteiger partial charge in [0.25, 0.3) is 0 Å². The van der Waals surface area contributed by atoms with Gasteiger partial charge in [0.1, 0.15) is 5.82 Å². The number of benzene rings is 1. The molecular weight excluding hydrogens is 279 g/mol. The van der Waals surface area contributed by atoms with Gasteiger partial charge in [0.05, 0.1) is 4.90 Å². The van der Waals surface area contributed by atoms with Crippen molar-refractivity contribution in [3.8, 4) is 0 Å². The molecule has 1 aromatic carbocycles. The Kier molecular flexibility index (Phi) is 3.56. The molecule has 1 N–H and O–H groups in total. The van der Waals surface area contributed by atoms with Crippen molar-refractivity contribution < 1.29 is 12.8 Å².